The van der Waals surface area contributed by atoms with Crippen LogP contribution in [0.15, 0.2) is 60.9 Å². The van der Waals surface area contributed by atoms with E-state index in [0.29, 0.717) is 0 Å². The second kappa shape index (κ2) is 4.18. The van der Waals surface area contributed by atoms with Crippen molar-refractivity contribution in [3.8, 4) is 11.1 Å². The van der Waals surface area contributed by atoms with E-state index in [-0.39, 0.29) is 0 Å². The lowest BCUT2D eigenvalue weighted by Gasteiger charge is -2.03. The van der Waals surface area contributed by atoms with E-state index in [1.807, 2.05) is 23.6 Å². The first-order valence-electron chi connectivity index (χ1n) is 6.15. The summed E-state index contributed by atoms with van der Waals surface area (Å²) in [6.45, 7) is 0. The maximum absolute atomic E-state index is 4.22. The summed E-state index contributed by atoms with van der Waals surface area (Å²) in [4.78, 5) is 4.22. The summed E-state index contributed by atoms with van der Waals surface area (Å²) >= 11 is 1.82. The van der Waals surface area contributed by atoms with Crippen LogP contribution >= 0.6 is 11.3 Å². The van der Waals surface area contributed by atoms with Gasteiger partial charge in [-0.3, -0.25) is 4.98 Å². The van der Waals surface area contributed by atoms with Gasteiger partial charge in [-0.1, -0.05) is 24.3 Å². The van der Waals surface area contributed by atoms with Crippen LogP contribution in [0.5, 0.6) is 0 Å². The summed E-state index contributed by atoms with van der Waals surface area (Å²) in [6, 6.07) is 20.0. The lowest BCUT2D eigenvalue weighted by Crippen LogP contribution is -1.80. The molecule has 1 radical (unpaired) electrons. The molecule has 19 heavy (non-hydrogen) atoms. The van der Waals surface area contributed by atoms with Gasteiger partial charge in [-0.05, 0) is 35.9 Å². The molecular formula is C17H10NS. The van der Waals surface area contributed by atoms with Crippen molar-refractivity contribution in [2.75, 3.05) is 0 Å². The van der Waals surface area contributed by atoms with Crippen LogP contribution in [0.4, 0.5) is 0 Å². The number of benzene rings is 2. The maximum Gasteiger partial charge on any atom is 0.0367 e. The SMILES string of the molecule is [c]1cc(-c2cccnc2)c2c(c1)sc1ccccc12. The molecule has 0 saturated carbocycles. The van der Waals surface area contributed by atoms with Gasteiger partial charge in [0.2, 0.25) is 0 Å². The van der Waals surface area contributed by atoms with E-state index < -0.39 is 0 Å². The van der Waals surface area contributed by atoms with Gasteiger partial charge in [0.25, 0.3) is 0 Å². The number of hydrogen-bond donors (Lipinski definition) is 0. The fraction of sp³-hybridized carbons (Fsp3) is 0. The van der Waals surface area contributed by atoms with Crippen molar-refractivity contribution in [2.24, 2.45) is 0 Å². The normalized spacial score (nSPS) is 11.2. The number of rotatable bonds is 1. The molecule has 4 aromatic rings. The Morgan fingerprint density at radius 1 is 0.947 bits per heavy atom. The van der Waals surface area contributed by atoms with E-state index in [2.05, 4.69) is 53.5 Å². The summed E-state index contributed by atoms with van der Waals surface area (Å²) in [5, 5.41) is 2.63. The largest absolute Gasteiger partial charge is 0.264 e. The van der Waals surface area contributed by atoms with Gasteiger partial charge >= 0.3 is 0 Å². The zero-order valence-electron chi connectivity index (χ0n) is 10.1. The summed E-state index contributed by atoms with van der Waals surface area (Å²) in [5.74, 6) is 0. The summed E-state index contributed by atoms with van der Waals surface area (Å²) in [5.41, 5.74) is 2.36. The van der Waals surface area contributed by atoms with Crippen LogP contribution in [0.25, 0.3) is 31.3 Å². The highest BCUT2D eigenvalue weighted by Gasteiger charge is 2.10. The van der Waals surface area contributed by atoms with E-state index in [4.69, 9.17) is 0 Å². The highest BCUT2D eigenvalue weighted by atomic mass is 32.1. The second-order valence-corrected chi connectivity index (χ2v) is 5.53. The standard InChI is InChI=1S/C17H10NS/c1-2-8-15-14(6-1)17-13(7-3-9-16(17)19-15)12-5-4-10-18-11-12/h1-2,4-11H. The van der Waals surface area contributed by atoms with E-state index >= 15 is 0 Å². The van der Waals surface area contributed by atoms with Gasteiger partial charge in [0.05, 0.1) is 0 Å². The Kier molecular flexibility index (Phi) is 2.35. The summed E-state index contributed by atoms with van der Waals surface area (Å²) < 4.78 is 2.60. The first-order valence-corrected chi connectivity index (χ1v) is 6.97. The van der Waals surface area contributed by atoms with Crippen molar-refractivity contribution in [1.29, 1.82) is 0 Å². The van der Waals surface area contributed by atoms with Crippen molar-refractivity contribution < 1.29 is 0 Å². The average Bonchev–Trinajstić information content (AvgIpc) is 2.86. The Balaban J connectivity index is 2.17. The first-order chi connectivity index (χ1) is 9.43. The number of hydrogen-bond acceptors (Lipinski definition) is 2. The van der Waals surface area contributed by atoms with Crippen molar-refractivity contribution >= 4 is 31.5 Å². The fourth-order valence-corrected chi connectivity index (χ4v) is 3.58. The highest BCUT2D eigenvalue weighted by molar-refractivity contribution is 7.25. The third-order valence-corrected chi connectivity index (χ3v) is 4.42. The zero-order chi connectivity index (χ0) is 12.7. The van der Waals surface area contributed by atoms with Crippen molar-refractivity contribution in [3.05, 3.63) is 67.0 Å². The van der Waals surface area contributed by atoms with E-state index in [1.54, 1.807) is 6.20 Å². The topological polar surface area (TPSA) is 12.9 Å². The monoisotopic (exact) mass is 260 g/mol. The molecule has 2 aromatic heterocycles. The molecule has 1 nitrogen and oxygen atoms in total. The third-order valence-electron chi connectivity index (χ3n) is 3.31. The first kappa shape index (κ1) is 10.7. The molecule has 2 aromatic carbocycles. The smallest absolute Gasteiger partial charge is 0.0367 e. The molecule has 2 heterocycles. The van der Waals surface area contributed by atoms with Crippen LogP contribution in [0.2, 0.25) is 0 Å². The molecule has 0 atom stereocenters. The minimum Gasteiger partial charge on any atom is -0.264 e. The molecule has 0 bridgehead atoms. The number of aromatic nitrogens is 1. The predicted molar refractivity (Wildman–Crippen MR) is 81.4 cm³/mol. The predicted octanol–water partition coefficient (Wildman–Crippen LogP) is 4.92. The van der Waals surface area contributed by atoms with Gasteiger partial charge in [0.15, 0.2) is 0 Å². The zero-order valence-corrected chi connectivity index (χ0v) is 10.9. The van der Waals surface area contributed by atoms with Crippen LogP contribution in [-0.2, 0) is 0 Å². The molecule has 0 amide bonds. The second-order valence-electron chi connectivity index (χ2n) is 4.45. The number of thiophene rings is 1. The molecule has 89 valence electrons. The van der Waals surface area contributed by atoms with Crippen molar-refractivity contribution in [2.45, 2.75) is 0 Å². The molecule has 0 aliphatic heterocycles. The quantitative estimate of drug-likeness (QED) is 0.473. The molecule has 0 aliphatic carbocycles. The minimum atomic E-state index is 1.15. The average molecular weight is 260 g/mol. The van der Waals surface area contributed by atoms with Crippen LogP contribution in [0.1, 0.15) is 0 Å². The number of fused-ring (bicyclic) bond motifs is 3. The molecule has 0 N–H and O–H groups in total. The lowest BCUT2D eigenvalue weighted by molar-refractivity contribution is 1.33. The molecule has 2 heteroatoms. The van der Waals surface area contributed by atoms with Gasteiger partial charge in [0, 0.05) is 38.1 Å². The molecular weight excluding hydrogens is 250 g/mol. The van der Waals surface area contributed by atoms with E-state index in [9.17, 15) is 0 Å². The Morgan fingerprint density at radius 3 is 2.79 bits per heavy atom. The Bertz CT molecular complexity index is 862. The molecule has 0 spiro atoms. The summed E-state index contributed by atoms with van der Waals surface area (Å²) in [6.07, 6.45) is 3.72. The van der Waals surface area contributed by atoms with E-state index in [1.165, 1.54) is 25.7 Å². The van der Waals surface area contributed by atoms with Gasteiger partial charge in [-0.15, -0.1) is 11.3 Å². The van der Waals surface area contributed by atoms with Crippen LogP contribution in [0.3, 0.4) is 0 Å². The van der Waals surface area contributed by atoms with Crippen molar-refractivity contribution in [1.82, 2.24) is 4.98 Å². The van der Waals surface area contributed by atoms with Crippen molar-refractivity contribution in [3.63, 3.8) is 0 Å². The molecule has 0 saturated heterocycles. The summed E-state index contributed by atoms with van der Waals surface area (Å²) in [7, 11) is 0. The number of nitrogens with zero attached hydrogens (tertiary/aromatic N) is 1. The Hall–Kier alpha value is -2.19. The van der Waals surface area contributed by atoms with Gasteiger partial charge in [-0.25, -0.2) is 0 Å². The molecule has 4 rings (SSSR count). The Labute approximate surface area is 115 Å². The van der Waals surface area contributed by atoms with Crippen LogP contribution in [-0.4, -0.2) is 4.98 Å². The van der Waals surface area contributed by atoms with Gasteiger partial charge < -0.3 is 0 Å². The molecule has 0 aliphatic rings. The van der Waals surface area contributed by atoms with Gasteiger partial charge in [0.1, 0.15) is 0 Å². The maximum atomic E-state index is 4.22. The number of pyridine rings is 1. The lowest BCUT2D eigenvalue weighted by atomic mass is 10.0. The van der Waals surface area contributed by atoms with Crippen LogP contribution in [0, 0.1) is 6.07 Å². The molecule has 0 unspecified atom stereocenters. The molecule has 0 fully saturated rings. The fourth-order valence-electron chi connectivity index (χ4n) is 2.47. The van der Waals surface area contributed by atoms with Crippen LogP contribution < -0.4 is 0 Å². The Morgan fingerprint density at radius 2 is 1.89 bits per heavy atom. The third kappa shape index (κ3) is 1.65. The highest BCUT2D eigenvalue weighted by Crippen LogP contribution is 2.39. The van der Waals surface area contributed by atoms with E-state index in [0.717, 1.165) is 5.56 Å². The van der Waals surface area contributed by atoms with Gasteiger partial charge in [-0.2, -0.15) is 0 Å². The minimum absolute atomic E-state index is 1.15.